The molecule has 0 amide bonds. The Hall–Kier alpha value is -1.16. The van der Waals surface area contributed by atoms with Crippen molar-refractivity contribution in [2.75, 3.05) is 6.54 Å². The molecule has 112 valence electrons. The van der Waals surface area contributed by atoms with Crippen molar-refractivity contribution >= 4 is 0 Å². The molecule has 1 aliphatic rings. The number of hydrogen-bond acceptors (Lipinski definition) is 2. The van der Waals surface area contributed by atoms with E-state index in [4.69, 9.17) is 0 Å². The van der Waals surface area contributed by atoms with Crippen molar-refractivity contribution in [1.82, 2.24) is 5.32 Å². The minimum absolute atomic E-state index is 0.267. The van der Waals surface area contributed by atoms with Crippen molar-refractivity contribution in [3.8, 4) is 5.75 Å². The van der Waals surface area contributed by atoms with Gasteiger partial charge in [-0.3, -0.25) is 0 Å². The highest BCUT2D eigenvalue weighted by Gasteiger charge is 2.26. The fourth-order valence-corrected chi connectivity index (χ4v) is 2.94. The second-order valence-electron chi connectivity index (χ2n) is 5.96. The third-order valence-electron chi connectivity index (χ3n) is 4.12. The van der Waals surface area contributed by atoms with E-state index in [0.717, 1.165) is 12.1 Å². The zero-order chi connectivity index (χ0) is 14.4. The number of alkyl halides is 2. The van der Waals surface area contributed by atoms with Crippen molar-refractivity contribution in [1.29, 1.82) is 0 Å². The highest BCUT2D eigenvalue weighted by Crippen LogP contribution is 2.35. The van der Waals surface area contributed by atoms with Gasteiger partial charge in [-0.25, -0.2) is 0 Å². The zero-order valence-corrected chi connectivity index (χ0v) is 12.0. The molecule has 0 atom stereocenters. The Morgan fingerprint density at radius 2 is 1.90 bits per heavy atom. The molecule has 0 heterocycles. The molecule has 0 aliphatic heterocycles. The maximum Gasteiger partial charge on any atom is 0.387 e. The first-order valence-electron chi connectivity index (χ1n) is 7.32. The number of halogens is 2. The molecule has 1 aromatic carbocycles. The van der Waals surface area contributed by atoms with Crippen LogP contribution in [0.25, 0.3) is 0 Å². The third kappa shape index (κ3) is 4.44. The molecule has 0 spiro atoms. The van der Waals surface area contributed by atoms with Crippen LogP contribution in [0.15, 0.2) is 24.3 Å². The van der Waals surface area contributed by atoms with Gasteiger partial charge >= 0.3 is 6.61 Å². The highest BCUT2D eigenvalue weighted by molar-refractivity contribution is 5.33. The monoisotopic (exact) mass is 283 g/mol. The van der Waals surface area contributed by atoms with Crippen LogP contribution in [0.4, 0.5) is 8.78 Å². The van der Waals surface area contributed by atoms with Crippen LogP contribution in [0.5, 0.6) is 5.75 Å². The first-order chi connectivity index (χ1) is 9.59. The van der Waals surface area contributed by atoms with Gasteiger partial charge in [0.1, 0.15) is 5.75 Å². The highest BCUT2D eigenvalue weighted by atomic mass is 19.3. The summed E-state index contributed by atoms with van der Waals surface area (Å²) in [6, 6.07) is 6.97. The second kappa shape index (κ2) is 7.02. The predicted octanol–water partition coefficient (Wildman–Crippen LogP) is 4.35. The molecule has 2 rings (SSSR count). The molecule has 1 saturated carbocycles. The van der Waals surface area contributed by atoms with Crippen LogP contribution >= 0.6 is 0 Å². The van der Waals surface area contributed by atoms with Gasteiger partial charge < -0.3 is 10.1 Å². The molecule has 1 aromatic rings. The van der Waals surface area contributed by atoms with Crippen LogP contribution < -0.4 is 10.1 Å². The van der Waals surface area contributed by atoms with Crippen LogP contribution in [-0.2, 0) is 6.54 Å². The van der Waals surface area contributed by atoms with Crippen molar-refractivity contribution in [2.24, 2.45) is 5.41 Å². The molecule has 0 aromatic heterocycles. The third-order valence-corrected chi connectivity index (χ3v) is 4.12. The largest absolute Gasteiger partial charge is 0.434 e. The molecule has 0 bridgehead atoms. The Balaban J connectivity index is 1.87. The molecule has 1 fully saturated rings. The molecular formula is C16H23F2NO. The Kier molecular flexibility index (Phi) is 5.35. The maximum absolute atomic E-state index is 12.3. The van der Waals surface area contributed by atoms with Gasteiger partial charge in [-0.15, -0.1) is 0 Å². The quantitative estimate of drug-likeness (QED) is 0.838. The summed E-state index contributed by atoms with van der Waals surface area (Å²) in [6.07, 6.45) is 6.41. The predicted molar refractivity (Wildman–Crippen MR) is 76.0 cm³/mol. The number of hydrogen-bond donors (Lipinski definition) is 1. The van der Waals surface area contributed by atoms with E-state index in [2.05, 4.69) is 17.0 Å². The van der Waals surface area contributed by atoms with Crippen LogP contribution in [0, 0.1) is 5.41 Å². The van der Waals surface area contributed by atoms with Gasteiger partial charge in [-0.1, -0.05) is 44.4 Å². The van der Waals surface area contributed by atoms with Crippen LogP contribution in [0.3, 0.4) is 0 Å². The van der Waals surface area contributed by atoms with Crippen molar-refractivity contribution in [3.05, 3.63) is 29.8 Å². The average Bonchev–Trinajstić information content (AvgIpc) is 2.41. The zero-order valence-electron chi connectivity index (χ0n) is 12.0. The first-order valence-corrected chi connectivity index (χ1v) is 7.32. The molecule has 20 heavy (non-hydrogen) atoms. The maximum atomic E-state index is 12.3. The van der Waals surface area contributed by atoms with E-state index in [1.807, 2.05) is 12.1 Å². The van der Waals surface area contributed by atoms with E-state index in [9.17, 15) is 8.78 Å². The number of nitrogens with one attached hydrogen (secondary N) is 1. The number of para-hydroxylation sites is 1. The molecule has 0 radical (unpaired) electrons. The minimum Gasteiger partial charge on any atom is -0.434 e. The van der Waals surface area contributed by atoms with Gasteiger partial charge in [0, 0.05) is 18.7 Å². The summed E-state index contributed by atoms with van der Waals surface area (Å²) in [5.41, 5.74) is 1.13. The lowest BCUT2D eigenvalue weighted by molar-refractivity contribution is -0.0505. The summed E-state index contributed by atoms with van der Waals surface area (Å²) in [5.74, 6) is 0.267. The summed E-state index contributed by atoms with van der Waals surface area (Å²) >= 11 is 0. The van der Waals surface area contributed by atoms with Crippen LogP contribution in [0.2, 0.25) is 0 Å². The lowest BCUT2D eigenvalue weighted by Crippen LogP contribution is -2.33. The fourth-order valence-electron chi connectivity index (χ4n) is 2.94. The van der Waals surface area contributed by atoms with Crippen molar-refractivity contribution in [2.45, 2.75) is 52.2 Å². The van der Waals surface area contributed by atoms with Gasteiger partial charge in [0.05, 0.1) is 0 Å². The van der Waals surface area contributed by atoms with E-state index in [1.165, 1.54) is 32.1 Å². The van der Waals surface area contributed by atoms with Crippen molar-refractivity contribution < 1.29 is 13.5 Å². The van der Waals surface area contributed by atoms with Gasteiger partial charge in [0.25, 0.3) is 0 Å². The Morgan fingerprint density at radius 1 is 1.20 bits per heavy atom. The summed E-state index contributed by atoms with van der Waals surface area (Å²) in [7, 11) is 0. The Bertz CT molecular complexity index is 417. The molecule has 1 N–H and O–H groups in total. The smallest absolute Gasteiger partial charge is 0.387 e. The van der Waals surface area contributed by atoms with Gasteiger partial charge in [0.15, 0.2) is 0 Å². The van der Waals surface area contributed by atoms with E-state index in [0.29, 0.717) is 12.0 Å². The summed E-state index contributed by atoms with van der Waals surface area (Å²) in [5, 5.41) is 3.40. The first kappa shape index (κ1) is 15.2. The lowest BCUT2D eigenvalue weighted by atomic mass is 9.76. The lowest BCUT2D eigenvalue weighted by Gasteiger charge is -2.33. The van der Waals surface area contributed by atoms with Crippen molar-refractivity contribution in [3.63, 3.8) is 0 Å². The number of ether oxygens (including phenoxy) is 1. The molecule has 0 saturated heterocycles. The van der Waals surface area contributed by atoms with E-state index in [1.54, 1.807) is 12.1 Å². The normalized spacial score (nSPS) is 18.2. The summed E-state index contributed by atoms with van der Waals surface area (Å²) < 4.78 is 29.2. The molecular weight excluding hydrogens is 260 g/mol. The molecule has 2 nitrogen and oxygen atoms in total. The Labute approximate surface area is 119 Å². The van der Waals surface area contributed by atoms with Crippen LogP contribution in [-0.4, -0.2) is 13.2 Å². The second-order valence-corrected chi connectivity index (χ2v) is 5.96. The summed E-state index contributed by atoms with van der Waals surface area (Å²) in [4.78, 5) is 0. The standard InChI is InChI=1S/C16H23F2NO/c1-16(9-5-2-6-10-16)12-19-11-13-7-3-4-8-14(13)20-15(17)18/h3-4,7-8,15,19H,2,5-6,9-12H2,1H3. The topological polar surface area (TPSA) is 21.3 Å². The van der Waals surface area contributed by atoms with Gasteiger partial charge in [0.2, 0.25) is 0 Å². The van der Waals surface area contributed by atoms with E-state index < -0.39 is 6.61 Å². The minimum atomic E-state index is -2.77. The molecule has 4 heteroatoms. The molecule has 1 aliphatic carbocycles. The molecule has 0 unspecified atom stereocenters. The van der Waals surface area contributed by atoms with Crippen LogP contribution in [0.1, 0.15) is 44.6 Å². The average molecular weight is 283 g/mol. The SMILES string of the molecule is CC1(CNCc2ccccc2OC(F)F)CCCCC1. The fraction of sp³-hybridized carbons (Fsp3) is 0.625. The number of rotatable bonds is 6. The van der Waals surface area contributed by atoms with Gasteiger partial charge in [-0.2, -0.15) is 8.78 Å². The number of benzene rings is 1. The van der Waals surface area contributed by atoms with Gasteiger partial charge in [-0.05, 0) is 24.3 Å². The van der Waals surface area contributed by atoms with E-state index >= 15 is 0 Å². The van der Waals surface area contributed by atoms with E-state index in [-0.39, 0.29) is 5.75 Å². The Morgan fingerprint density at radius 3 is 2.60 bits per heavy atom. The summed E-state index contributed by atoms with van der Waals surface area (Å²) in [6.45, 7) is 1.03.